The van der Waals surface area contributed by atoms with Gasteiger partial charge in [-0.15, -0.1) is 0 Å². The van der Waals surface area contributed by atoms with Crippen molar-refractivity contribution < 1.29 is 0 Å². The predicted molar refractivity (Wildman–Crippen MR) is 89.3 cm³/mol. The summed E-state index contributed by atoms with van der Waals surface area (Å²) >= 11 is 3.75. The van der Waals surface area contributed by atoms with Gasteiger partial charge in [-0.05, 0) is 62.4 Å². The summed E-state index contributed by atoms with van der Waals surface area (Å²) in [6.07, 6.45) is 2.77. The van der Waals surface area contributed by atoms with Crippen LogP contribution in [-0.2, 0) is 13.1 Å². The zero-order valence-electron chi connectivity index (χ0n) is 13.6. The Morgan fingerprint density at radius 1 is 1.43 bits per heavy atom. The third-order valence-corrected chi connectivity index (χ3v) is 6.31. The topological polar surface area (TPSA) is 33.1 Å². The largest absolute Gasteiger partial charge is 0.311 e. The van der Waals surface area contributed by atoms with Crippen LogP contribution in [0.4, 0.5) is 0 Å². The van der Waals surface area contributed by atoms with E-state index >= 15 is 0 Å². The normalized spacial score (nSPS) is 30.8. The van der Waals surface area contributed by atoms with E-state index in [-0.39, 0.29) is 0 Å². The quantitative estimate of drug-likeness (QED) is 0.902. The summed E-state index contributed by atoms with van der Waals surface area (Å²) < 4.78 is 3.34. The van der Waals surface area contributed by atoms with E-state index in [0.29, 0.717) is 11.6 Å². The van der Waals surface area contributed by atoms with Gasteiger partial charge in [0, 0.05) is 37.8 Å². The van der Waals surface area contributed by atoms with Crippen molar-refractivity contribution >= 4 is 15.9 Å². The molecule has 1 aromatic rings. The Bertz CT molecular complexity index is 523. The van der Waals surface area contributed by atoms with E-state index < -0.39 is 0 Å². The Kier molecular flexibility index (Phi) is 4.19. The molecule has 5 heteroatoms. The first kappa shape index (κ1) is 15.5. The molecule has 118 valence electrons. The Balaban J connectivity index is 1.87. The van der Waals surface area contributed by atoms with E-state index in [0.717, 1.165) is 37.8 Å². The highest BCUT2D eigenvalue weighted by Crippen LogP contribution is 2.44. The molecule has 0 spiro atoms. The van der Waals surface area contributed by atoms with Gasteiger partial charge in [0.15, 0.2) is 0 Å². The van der Waals surface area contributed by atoms with Crippen molar-refractivity contribution in [2.75, 3.05) is 13.1 Å². The lowest BCUT2D eigenvalue weighted by atomic mass is 9.89. The van der Waals surface area contributed by atoms with Crippen LogP contribution in [0.3, 0.4) is 0 Å². The van der Waals surface area contributed by atoms with Crippen molar-refractivity contribution in [1.29, 1.82) is 0 Å². The van der Waals surface area contributed by atoms with Crippen LogP contribution in [0, 0.1) is 12.8 Å². The Hall–Kier alpha value is -0.390. The van der Waals surface area contributed by atoms with E-state index in [4.69, 9.17) is 0 Å². The van der Waals surface area contributed by atoms with Gasteiger partial charge in [-0.1, -0.05) is 0 Å². The summed E-state index contributed by atoms with van der Waals surface area (Å²) in [7, 11) is 0. The summed E-state index contributed by atoms with van der Waals surface area (Å²) in [6, 6.07) is 0.565. The monoisotopic (exact) mass is 354 g/mol. The fourth-order valence-corrected chi connectivity index (χ4v) is 4.06. The van der Waals surface area contributed by atoms with Crippen LogP contribution in [-0.4, -0.2) is 39.4 Å². The molecule has 0 bridgehead atoms. The van der Waals surface area contributed by atoms with Gasteiger partial charge >= 0.3 is 0 Å². The molecule has 4 nitrogen and oxygen atoms in total. The summed E-state index contributed by atoms with van der Waals surface area (Å²) in [6.45, 7) is 13.1. The van der Waals surface area contributed by atoms with Crippen molar-refractivity contribution in [2.45, 2.75) is 65.2 Å². The molecule has 0 radical (unpaired) electrons. The molecule has 1 saturated heterocycles. The second-order valence-electron chi connectivity index (χ2n) is 6.96. The van der Waals surface area contributed by atoms with Crippen LogP contribution < -0.4 is 5.32 Å². The van der Waals surface area contributed by atoms with Crippen molar-refractivity contribution in [2.24, 2.45) is 5.92 Å². The molecule has 0 amide bonds. The molecule has 1 aliphatic heterocycles. The molecule has 2 fully saturated rings. The molecule has 2 aliphatic rings. The highest BCUT2D eigenvalue weighted by molar-refractivity contribution is 9.10. The third-order valence-electron chi connectivity index (χ3n) is 5.28. The van der Waals surface area contributed by atoms with Gasteiger partial charge in [0.05, 0.1) is 15.9 Å². The minimum atomic E-state index is 0.294. The maximum absolute atomic E-state index is 4.65. The van der Waals surface area contributed by atoms with Gasteiger partial charge in [0.1, 0.15) is 0 Å². The Morgan fingerprint density at radius 2 is 2.14 bits per heavy atom. The molecule has 1 N–H and O–H groups in total. The number of halogens is 1. The highest BCUT2D eigenvalue weighted by atomic mass is 79.9. The number of aryl methyl sites for hydroxylation is 2. The zero-order valence-corrected chi connectivity index (χ0v) is 15.2. The highest BCUT2D eigenvalue weighted by Gasteiger charge is 2.48. The van der Waals surface area contributed by atoms with Crippen molar-refractivity contribution in [3.8, 4) is 0 Å². The number of piperazine rings is 1. The van der Waals surface area contributed by atoms with Crippen LogP contribution in [0.2, 0.25) is 0 Å². The van der Waals surface area contributed by atoms with Gasteiger partial charge in [0.25, 0.3) is 0 Å². The van der Waals surface area contributed by atoms with Crippen LogP contribution in [0.1, 0.15) is 45.0 Å². The van der Waals surface area contributed by atoms with Crippen molar-refractivity contribution in [3.63, 3.8) is 0 Å². The van der Waals surface area contributed by atoms with E-state index in [9.17, 15) is 0 Å². The first-order valence-corrected chi connectivity index (χ1v) is 8.95. The van der Waals surface area contributed by atoms with Gasteiger partial charge in [-0.3, -0.25) is 9.58 Å². The predicted octanol–water partition coefficient (Wildman–Crippen LogP) is 2.94. The number of rotatable bonds is 4. The maximum Gasteiger partial charge on any atom is 0.0739 e. The lowest BCUT2D eigenvalue weighted by Gasteiger charge is -2.48. The zero-order chi connectivity index (χ0) is 15.2. The number of nitrogens with one attached hydrogen (secondary N) is 1. The Labute approximate surface area is 136 Å². The molecule has 1 aliphatic carbocycles. The molecule has 2 unspecified atom stereocenters. The maximum atomic E-state index is 4.65. The van der Waals surface area contributed by atoms with E-state index in [1.165, 1.54) is 23.0 Å². The van der Waals surface area contributed by atoms with E-state index in [1.807, 2.05) is 0 Å². The fraction of sp³-hybridized carbons (Fsp3) is 0.812. The molecule has 0 aromatic carbocycles. The second kappa shape index (κ2) is 5.67. The smallest absolute Gasteiger partial charge is 0.0739 e. The van der Waals surface area contributed by atoms with Crippen molar-refractivity contribution in [1.82, 2.24) is 20.0 Å². The molecule has 3 rings (SSSR count). The van der Waals surface area contributed by atoms with Crippen molar-refractivity contribution in [3.05, 3.63) is 15.9 Å². The number of nitrogens with zero attached hydrogens (tertiary/aromatic N) is 3. The van der Waals surface area contributed by atoms with Crippen LogP contribution >= 0.6 is 15.9 Å². The first-order chi connectivity index (χ1) is 9.95. The van der Waals surface area contributed by atoms with Gasteiger partial charge < -0.3 is 5.32 Å². The summed E-state index contributed by atoms with van der Waals surface area (Å²) in [5, 5.41) is 8.33. The minimum absolute atomic E-state index is 0.294. The first-order valence-electron chi connectivity index (χ1n) is 8.16. The molecule has 2 atom stereocenters. The average molecular weight is 355 g/mol. The standard InChI is InChI=1S/C16H27BrN4/c1-5-21-14(15(17)12(3)19-21)9-20-8-11(2)18-10-16(20,4)13-6-7-13/h11,13,18H,5-10H2,1-4H3. The van der Waals surface area contributed by atoms with Gasteiger partial charge in [-0.2, -0.15) is 5.10 Å². The number of aromatic nitrogens is 2. The van der Waals surface area contributed by atoms with Crippen LogP contribution in [0.25, 0.3) is 0 Å². The summed E-state index contributed by atoms with van der Waals surface area (Å²) in [5.41, 5.74) is 2.72. The van der Waals surface area contributed by atoms with E-state index in [1.54, 1.807) is 0 Å². The second-order valence-corrected chi connectivity index (χ2v) is 7.75. The molecule has 1 saturated carbocycles. The summed E-state index contributed by atoms with van der Waals surface area (Å²) in [5.74, 6) is 0.857. The average Bonchev–Trinajstić information content (AvgIpc) is 3.26. The SMILES string of the molecule is CCn1nc(C)c(Br)c1CN1CC(C)NCC1(C)C1CC1. The fourth-order valence-electron chi connectivity index (χ4n) is 3.65. The molecular weight excluding hydrogens is 328 g/mol. The molecular formula is C16H27BrN4. The van der Waals surface area contributed by atoms with E-state index in [2.05, 4.69) is 63.6 Å². The van der Waals surface area contributed by atoms with Crippen LogP contribution in [0.15, 0.2) is 4.47 Å². The minimum Gasteiger partial charge on any atom is -0.311 e. The molecule has 2 heterocycles. The lowest BCUT2D eigenvalue weighted by molar-refractivity contribution is 0.0289. The molecule has 21 heavy (non-hydrogen) atoms. The summed E-state index contributed by atoms with van der Waals surface area (Å²) in [4.78, 5) is 2.69. The van der Waals surface area contributed by atoms with Gasteiger partial charge in [0.2, 0.25) is 0 Å². The van der Waals surface area contributed by atoms with Gasteiger partial charge in [-0.25, -0.2) is 0 Å². The lowest BCUT2D eigenvalue weighted by Crippen LogP contribution is -2.63. The Morgan fingerprint density at radius 3 is 2.76 bits per heavy atom. The number of hydrogen-bond acceptors (Lipinski definition) is 3. The molecule has 1 aromatic heterocycles. The number of hydrogen-bond donors (Lipinski definition) is 1. The third kappa shape index (κ3) is 2.80. The van der Waals surface area contributed by atoms with Crippen LogP contribution in [0.5, 0.6) is 0 Å².